The van der Waals surface area contributed by atoms with E-state index in [-0.39, 0.29) is 11.8 Å². The van der Waals surface area contributed by atoms with Crippen LogP contribution in [0.5, 0.6) is 0 Å². The predicted octanol–water partition coefficient (Wildman–Crippen LogP) is 2.05. The number of rotatable bonds is 6. The van der Waals surface area contributed by atoms with E-state index < -0.39 is 0 Å². The molecular weight excluding hydrogens is 314 g/mol. The number of nitrogens with zero attached hydrogens (tertiary/aromatic N) is 1. The first kappa shape index (κ1) is 17.4. The number of amides is 2. The van der Waals surface area contributed by atoms with Crippen molar-refractivity contribution in [1.82, 2.24) is 5.32 Å². The zero-order valence-corrected chi connectivity index (χ0v) is 13.9. The van der Waals surface area contributed by atoms with Gasteiger partial charge in [-0.1, -0.05) is 0 Å². The minimum atomic E-state index is -0.141. The van der Waals surface area contributed by atoms with Gasteiger partial charge in [-0.15, -0.1) is 0 Å². The molecular formula is C16H21N3O3S. The molecule has 0 radical (unpaired) electrons. The normalized spacial score (nSPS) is 14.7. The summed E-state index contributed by atoms with van der Waals surface area (Å²) < 4.78 is 4.97. The Kier molecular flexibility index (Phi) is 6.49. The molecule has 0 bridgehead atoms. The van der Waals surface area contributed by atoms with Crippen LogP contribution in [0.1, 0.15) is 25.7 Å². The van der Waals surface area contributed by atoms with Crippen LogP contribution in [0.3, 0.4) is 0 Å². The fourth-order valence-corrected chi connectivity index (χ4v) is 2.55. The summed E-state index contributed by atoms with van der Waals surface area (Å²) in [6, 6.07) is 7.09. The fraction of sp³-hybridized carbons (Fsp3) is 0.438. The lowest BCUT2D eigenvalue weighted by Crippen LogP contribution is -2.40. The van der Waals surface area contributed by atoms with Gasteiger partial charge in [0.1, 0.15) is 0 Å². The molecule has 1 aliphatic rings. The average molecular weight is 335 g/mol. The summed E-state index contributed by atoms with van der Waals surface area (Å²) in [6.07, 6.45) is 2.34. The number of hydrogen-bond donors (Lipinski definition) is 2. The first-order valence-electron chi connectivity index (χ1n) is 7.61. The van der Waals surface area contributed by atoms with Gasteiger partial charge in [0.2, 0.25) is 11.8 Å². The number of anilines is 2. The molecule has 1 aliphatic heterocycles. The van der Waals surface area contributed by atoms with Gasteiger partial charge in [-0.05, 0) is 49.3 Å². The highest BCUT2D eigenvalue weighted by Crippen LogP contribution is 2.23. The molecule has 0 atom stereocenters. The van der Waals surface area contributed by atoms with Gasteiger partial charge in [-0.2, -0.15) is 0 Å². The first-order valence-corrected chi connectivity index (χ1v) is 8.02. The topological polar surface area (TPSA) is 70.7 Å². The van der Waals surface area contributed by atoms with Crippen LogP contribution in [-0.4, -0.2) is 37.2 Å². The maximum Gasteiger partial charge on any atom is 0.233 e. The van der Waals surface area contributed by atoms with Crippen LogP contribution < -0.4 is 15.5 Å². The molecule has 1 aromatic rings. The Labute approximate surface area is 141 Å². The summed E-state index contributed by atoms with van der Waals surface area (Å²) in [4.78, 5) is 25.0. The summed E-state index contributed by atoms with van der Waals surface area (Å²) >= 11 is 5.20. The predicted molar refractivity (Wildman–Crippen MR) is 93.5 cm³/mol. The molecule has 0 unspecified atom stereocenters. The molecule has 124 valence electrons. The molecule has 1 saturated heterocycles. The lowest BCUT2D eigenvalue weighted by molar-refractivity contribution is -0.129. The Bertz CT molecular complexity index is 558. The van der Waals surface area contributed by atoms with Gasteiger partial charge in [0, 0.05) is 38.8 Å². The molecule has 0 aliphatic carbocycles. The van der Waals surface area contributed by atoms with Gasteiger partial charge < -0.3 is 15.4 Å². The molecule has 23 heavy (non-hydrogen) atoms. The molecule has 2 N–H and O–H groups in total. The monoisotopic (exact) mass is 335 g/mol. The zero-order valence-electron chi connectivity index (χ0n) is 13.1. The van der Waals surface area contributed by atoms with Crippen molar-refractivity contribution in [1.29, 1.82) is 0 Å². The number of thiocarbonyl (C=S) groups is 1. The number of nitrogens with one attached hydrogen (secondary N) is 2. The van der Waals surface area contributed by atoms with Gasteiger partial charge in [0.05, 0.1) is 5.69 Å². The Morgan fingerprint density at radius 3 is 2.48 bits per heavy atom. The van der Waals surface area contributed by atoms with Crippen molar-refractivity contribution in [2.24, 2.45) is 0 Å². The van der Waals surface area contributed by atoms with Crippen molar-refractivity contribution in [3.8, 4) is 0 Å². The lowest BCUT2D eigenvalue weighted by atomic mass is 10.1. The van der Waals surface area contributed by atoms with Crippen LogP contribution in [-0.2, 0) is 14.3 Å². The summed E-state index contributed by atoms with van der Waals surface area (Å²) in [5, 5.41) is 6.67. The number of piperidine rings is 1. The van der Waals surface area contributed by atoms with E-state index in [0.29, 0.717) is 36.7 Å². The Morgan fingerprint density at radius 2 is 1.87 bits per heavy atom. The van der Waals surface area contributed by atoms with Crippen LogP contribution in [0.25, 0.3) is 0 Å². The molecule has 0 saturated carbocycles. The second-order valence-corrected chi connectivity index (χ2v) is 5.66. The molecule has 2 amide bonds. The molecule has 6 nitrogen and oxygen atoms in total. The van der Waals surface area contributed by atoms with Crippen molar-refractivity contribution in [3.63, 3.8) is 0 Å². The van der Waals surface area contributed by atoms with Crippen molar-refractivity contribution >= 4 is 40.5 Å². The average Bonchev–Trinajstić information content (AvgIpc) is 2.53. The maximum atomic E-state index is 11.9. The third-order valence-corrected chi connectivity index (χ3v) is 3.72. The van der Waals surface area contributed by atoms with Crippen LogP contribution in [0, 0.1) is 0 Å². The highest BCUT2D eigenvalue weighted by atomic mass is 32.1. The smallest absolute Gasteiger partial charge is 0.233 e. The van der Waals surface area contributed by atoms with Crippen LogP contribution in [0.4, 0.5) is 11.4 Å². The van der Waals surface area contributed by atoms with E-state index in [9.17, 15) is 9.59 Å². The van der Waals surface area contributed by atoms with E-state index in [0.717, 1.165) is 18.7 Å². The van der Waals surface area contributed by atoms with E-state index in [4.69, 9.17) is 17.0 Å². The number of ether oxygens (including phenoxy) is 1. The largest absolute Gasteiger partial charge is 0.385 e. The molecule has 0 spiro atoms. The number of benzene rings is 1. The quantitative estimate of drug-likeness (QED) is 0.471. The van der Waals surface area contributed by atoms with Crippen LogP contribution in [0.2, 0.25) is 0 Å². The fourth-order valence-electron chi connectivity index (χ4n) is 2.33. The molecule has 7 heteroatoms. The van der Waals surface area contributed by atoms with Gasteiger partial charge in [-0.3, -0.25) is 14.5 Å². The van der Waals surface area contributed by atoms with Crippen molar-refractivity contribution in [2.75, 3.05) is 30.5 Å². The van der Waals surface area contributed by atoms with E-state index in [1.54, 1.807) is 31.4 Å². The molecule has 0 aromatic heterocycles. The SMILES string of the molecule is COCCCNC(=S)Nc1ccc(N2C(=O)CCCC2=O)cc1. The number of hydrogen-bond acceptors (Lipinski definition) is 4. The van der Waals surface area contributed by atoms with E-state index in [1.165, 1.54) is 4.90 Å². The number of carbonyl (C=O) groups is 2. The van der Waals surface area contributed by atoms with Crippen LogP contribution in [0.15, 0.2) is 24.3 Å². The second-order valence-electron chi connectivity index (χ2n) is 5.25. The maximum absolute atomic E-state index is 11.9. The highest BCUT2D eigenvalue weighted by molar-refractivity contribution is 7.80. The number of imide groups is 1. The molecule has 2 rings (SSSR count). The first-order chi connectivity index (χ1) is 11.1. The van der Waals surface area contributed by atoms with Crippen LogP contribution >= 0.6 is 12.2 Å². The Balaban J connectivity index is 1.90. The van der Waals surface area contributed by atoms with E-state index in [1.807, 2.05) is 0 Å². The van der Waals surface area contributed by atoms with Crippen molar-refractivity contribution < 1.29 is 14.3 Å². The van der Waals surface area contributed by atoms with Gasteiger partial charge >= 0.3 is 0 Å². The Morgan fingerprint density at radius 1 is 1.22 bits per heavy atom. The van der Waals surface area contributed by atoms with Crippen molar-refractivity contribution in [3.05, 3.63) is 24.3 Å². The Hall–Kier alpha value is -1.99. The van der Waals surface area contributed by atoms with E-state index >= 15 is 0 Å². The summed E-state index contributed by atoms with van der Waals surface area (Å²) in [6.45, 7) is 1.41. The second kappa shape index (κ2) is 8.59. The third kappa shape index (κ3) is 5.01. The third-order valence-electron chi connectivity index (χ3n) is 3.47. The summed E-state index contributed by atoms with van der Waals surface area (Å²) in [5.74, 6) is -0.283. The minimum absolute atomic E-state index is 0.141. The van der Waals surface area contributed by atoms with Gasteiger partial charge in [-0.25, -0.2) is 0 Å². The highest BCUT2D eigenvalue weighted by Gasteiger charge is 2.27. The molecule has 1 heterocycles. The molecule has 1 aromatic carbocycles. The standard InChI is InChI=1S/C16H21N3O3S/c1-22-11-3-10-17-16(23)18-12-6-8-13(9-7-12)19-14(20)4-2-5-15(19)21/h6-9H,2-5,10-11H2,1H3,(H2,17,18,23). The van der Waals surface area contributed by atoms with Gasteiger partial charge in [0.15, 0.2) is 5.11 Å². The summed E-state index contributed by atoms with van der Waals surface area (Å²) in [5.41, 5.74) is 1.40. The van der Waals surface area contributed by atoms with Crippen molar-refractivity contribution in [2.45, 2.75) is 25.7 Å². The minimum Gasteiger partial charge on any atom is -0.385 e. The number of methoxy groups -OCH3 is 1. The number of carbonyl (C=O) groups excluding carboxylic acids is 2. The zero-order chi connectivity index (χ0) is 16.7. The summed E-state index contributed by atoms with van der Waals surface area (Å²) in [7, 11) is 1.66. The molecule has 1 fully saturated rings. The van der Waals surface area contributed by atoms with E-state index in [2.05, 4.69) is 10.6 Å². The lowest BCUT2D eigenvalue weighted by Gasteiger charge is -2.25. The van der Waals surface area contributed by atoms with Gasteiger partial charge in [0.25, 0.3) is 0 Å².